The van der Waals surface area contributed by atoms with Crippen LogP contribution >= 0.6 is 11.6 Å². The average molecular weight is 292 g/mol. The minimum absolute atomic E-state index is 0.332. The van der Waals surface area contributed by atoms with Gasteiger partial charge in [0.1, 0.15) is 17.2 Å². The standard InChI is InChI=1S/C13H14ClN5O/c1-8(2)9-6-17-19-11(5-10(14)18-13(9)19)16-7-12-15-3-4-20-12/h3-6,8,16H,7H2,1-2H3. The van der Waals surface area contributed by atoms with E-state index in [-0.39, 0.29) is 0 Å². The Kier molecular flexibility index (Phi) is 3.31. The van der Waals surface area contributed by atoms with Crippen LogP contribution in [0.25, 0.3) is 5.65 Å². The van der Waals surface area contributed by atoms with E-state index in [1.807, 2.05) is 6.20 Å². The molecule has 0 amide bonds. The average Bonchev–Trinajstić information content (AvgIpc) is 3.04. The van der Waals surface area contributed by atoms with Gasteiger partial charge in [0.15, 0.2) is 5.65 Å². The van der Waals surface area contributed by atoms with E-state index in [1.54, 1.807) is 16.8 Å². The molecule has 3 rings (SSSR count). The molecule has 7 heteroatoms. The minimum atomic E-state index is 0.332. The second kappa shape index (κ2) is 5.13. The van der Waals surface area contributed by atoms with Gasteiger partial charge in [-0.2, -0.15) is 9.61 Å². The Morgan fingerprint density at radius 1 is 1.45 bits per heavy atom. The topological polar surface area (TPSA) is 68.2 Å². The molecule has 0 fully saturated rings. The minimum Gasteiger partial charge on any atom is -0.447 e. The monoisotopic (exact) mass is 291 g/mol. The molecule has 6 nitrogen and oxygen atoms in total. The molecule has 0 saturated heterocycles. The van der Waals surface area contributed by atoms with Gasteiger partial charge in [-0.1, -0.05) is 25.4 Å². The maximum Gasteiger partial charge on any atom is 0.213 e. The van der Waals surface area contributed by atoms with Crippen molar-refractivity contribution in [3.63, 3.8) is 0 Å². The molecule has 104 valence electrons. The number of anilines is 1. The predicted octanol–water partition coefficient (Wildman–Crippen LogP) is 3.11. The summed E-state index contributed by atoms with van der Waals surface area (Å²) in [4.78, 5) is 8.41. The quantitative estimate of drug-likeness (QED) is 0.748. The predicted molar refractivity (Wildman–Crippen MR) is 75.9 cm³/mol. The summed E-state index contributed by atoms with van der Waals surface area (Å²) < 4.78 is 6.93. The van der Waals surface area contributed by atoms with E-state index in [0.29, 0.717) is 23.5 Å². The van der Waals surface area contributed by atoms with Crippen molar-refractivity contribution in [2.75, 3.05) is 5.32 Å². The molecular formula is C13H14ClN5O. The van der Waals surface area contributed by atoms with E-state index < -0.39 is 0 Å². The van der Waals surface area contributed by atoms with Gasteiger partial charge in [-0.25, -0.2) is 9.97 Å². The van der Waals surface area contributed by atoms with Crippen molar-refractivity contribution in [3.05, 3.63) is 41.3 Å². The van der Waals surface area contributed by atoms with Gasteiger partial charge in [-0.05, 0) is 5.92 Å². The van der Waals surface area contributed by atoms with Crippen molar-refractivity contribution in [1.82, 2.24) is 19.6 Å². The van der Waals surface area contributed by atoms with Crippen molar-refractivity contribution in [1.29, 1.82) is 0 Å². The Balaban J connectivity index is 1.97. The maximum absolute atomic E-state index is 6.09. The summed E-state index contributed by atoms with van der Waals surface area (Å²) >= 11 is 6.09. The van der Waals surface area contributed by atoms with Crippen LogP contribution in [-0.2, 0) is 6.54 Å². The van der Waals surface area contributed by atoms with Crippen molar-refractivity contribution in [3.8, 4) is 0 Å². The number of nitrogens with zero attached hydrogens (tertiary/aromatic N) is 4. The lowest BCUT2D eigenvalue weighted by molar-refractivity contribution is 0.503. The summed E-state index contributed by atoms with van der Waals surface area (Å²) in [6.45, 7) is 4.65. The first kappa shape index (κ1) is 12.9. The number of aromatic nitrogens is 4. The molecule has 0 radical (unpaired) electrons. The number of oxazole rings is 1. The summed E-state index contributed by atoms with van der Waals surface area (Å²) in [6, 6.07) is 1.73. The summed E-state index contributed by atoms with van der Waals surface area (Å²) in [5.74, 6) is 1.69. The summed E-state index contributed by atoms with van der Waals surface area (Å²) in [5.41, 5.74) is 1.83. The van der Waals surface area contributed by atoms with Crippen LogP contribution in [0, 0.1) is 0 Å². The number of rotatable bonds is 4. The molecule has 0 saturated carbocycles. The molecule has 0 aliphatic rings. The molecule has 3 aromatic heterocycles. The van der Waals surface area contributed by atoms with Crippen LogP contribution in [0.3, 0.4) is 0 Å². The van der Waals surface area contributed by atoms with Gasteiger partial charge in [0, 0.05) is 11.6 Å². The molecule has 0 bridgehead atoms. The molecule has 20 heavy (non-hydrogen) atoms. The highest BCUT2D eigenvalue weighted by Crippen LogP contribution is 2.24. The Morgan fingerprint density at radius 2 is 2.30 bits per heavy atom. The van der Waals surface area contributed by atoms with Crippen LogP contribution in [0.4, 0.5) is 5.82 Å². The first-order valence-electron chi connectivity index (χ1n) is 6.31. The third-order valence-electron chi connectivity index (χ3n) is 2.99. The fourth-order valence-electron chi connectivity index (χ4n) is 1.99. The normalized spacial score (nSPS) is 11.4. The SMILES string of the molecule is CC(C)c1cnn2c(NCc3ncco3)cc(Cl)nc12. The lowest BCUT2D eigenvalue weighted by Gasteiger charge is -2.08. The number of nitrogens with one attached hydrogen (secondary N) is 1. The first-order chi connectivity index (χ1) is 9.65. The molecule has 1 N–H and O–H groups in total. The van der Waals surface area contributed by atoms with Gasteiger partial charge in [-0.15, -0.1) is 0 Å². The molecule has 0 aliphatic carbocycles. The summed E-state index contributed by atoms with van der Waals surface area (Å²) in [7, 11) is 0. The van der Waals surface area contributed by atoms with Crippen LogP contribution in [0.15, 0.2) is 29.1 Å². The van der Waals surface area contributed by atoms with Gasteiger partial charge in [-0.3, -0.25) is 0 Å². The highest BCUT2D eigenvalue weighted by atomic mass is 35.5. The van der Waals surface area contributed by atoms with Gasteiger partial charge in [0.05, 0.1) is 18.9 Å². The molecule has 0 atom stereocenters. The zero-order valence-electron chi connectivity index (χ0n) is 11.2. The van der Waals surface area contributed by atoms with Gasteiger partial charge in [0.25, 0.3) is 0 Å². The lowest BCUT2D eigenvalue weighted by Crippen LogP contribution is -2.06. The van der Waals surface area contributed by atoms with E-state index in [0.717, 1.165) is 17.0 Å². The maximum atomic E-state index is 6.09. The van der Waals surface area contributed by atoms with E-state index in [4.69, 9.17) is 16.0 Å². The van der Waals surface area contributed by atoms with E-state index >= 15 is 0 Å². The third kappa shape index (κ3) is 2.34. The fraction of sp³-hybridized carbons (Fsp3) is 0.308. The number of halogens is 1. The lowest BCUT2D eigenvalue weighted by atomic mass is 10.1. The van der Waals surface area contributed by atoms with Crippen LogP contribution in [-0.4, -0.2) is 19.6 Å². The van der Waals surface area contributed by atoms with E-state index in [9.17, 15) is 0 Å². The molecule has 0 spiro atoms. The molecule has 3 heterocycles. The van der Waals surface area contributed by atoms with E-state index in [2.05, 4.69) is 34.2 Å². The van der Waals surface area contributed by atoms with Crippen LogP contribution < -0.4 is 5.32 Å². The van der Waals surface area contributed by atoms with Crippen molar-refractivity contribution < 1.29 is 4.42 Å². The van der Waals surface area contributed by atoms with Crippen LogP contribution in [0.5, 0.6) is 0 Å². The largest absolute Gasteiger partial charge is 0.447 e. The Hall–Kier alpha value is -2.08. The highest BCUT2D eigenvalue weighted by molar-refractivity contribution is 6.29. The number of fused-ring (bicyclic) bond motifs is 1. The Morgan fingerprint density at radius 3 is 3.00 bits per heavy atom. The molecule has 0 unspecified atom stereocenters. The zero-order valence-corrected chi connectivity index (χ0v) is 11.9. The van der Waals surface area contributed by atoms with E-state index in [1.165, 1.54) is 6.26 Å². The summed E-state index contributed by atoms with van der Waals surface area (Å²) in [5, 5.41) is 7.99. The van der Waals surface area contributed by atoms with Crippen molar-refractivity contribution >= 4 is 23.1 Å². The Bertz CT molecular complexity index is 720. The Labute approximate surface area is 120 Å². The van der Waals surface area contributed by atoms with Crippen molar-refractivity contribution in [2.45, 2.75) is 26.3 Å². The fourth-order valence-corrected chi connectivity index (χ4v) is 2.17. The van der Waals surface area contributed by atoms with Crippen LogP contribution in [0.1, 0.15) is 31.2 Å². The molecule has 3 aromatic rings. The van der Waals surface area contributed by atoms with Gasteiger partial charge < -0.3 is 9.73 Å². The second-order valence-corrected chi connectivity index (χ2v) is 5.12. The van der Waals surface area contributed by atoms with Gasteiger partial charge in [0.2, 0.25) is 5.89 Å². The zero-order chi connectivity index (χ0) is 14.1. The van der Waals surface area contributed by atoms with Gasteiger partial charge >= 0.3 is 0 Å². The number of hydrogen-bond acceptors (Lipinski definition) is 5. The second-order valence-electron chi connectivity index (χ2n) is 4.73. The highest BCUT2D eigenvalue weighted by Gasteiger charge is 2.13. The third-order valence-corrected chi connectivity index (χ3v) is 3.19. The first-order valence-corrected chi connectivity index (χ1v) is 6.69. The summed E-state index contributed by atoms with van der Waals surface area (Å²) in [6.07, 6.45) is 4.97. The smallest absolute Gasteiger partial charge is 0.213 e. The van der Waals surface area contributed by atoms with Crippen LogP contribution in [0.2, 0.25) is 5.15 Å². The number of hydrogen-bond donors (Lipinski definition) is 1. The molecular weight excluding hydrogens is 278 g/mol. The van der Waals surface area contributed by atoms with Crippen molar-refractivity contribution in [2.24, 2.45) is 0 Å². The molecule has 0 aliphatic heterocycles. The molecule has 0 aromatic carbocycles.